The summed E-state index contributed by atoms with van der Waals surface area (Å²) in [5.41, 5.74) is 4.23. The Bertz CT molecular complexity index is 362. The molecule has 0 aliphatic carbocycles. The van der Waals surface area contributed by atoms with E-state index in [-0.39, 0.29) is 0 Å². The maximum atomic E-state index is 5.44. The third-order valence-electron chi connectivity index (χ3n) is 3.60. The molecule has 1 aromatic carbocycles. The molecule has 0 radical (unpaired) electrons. The molecule has 1 aliphatic rings. The van der Waals surface area contributed by atoms with Crippen LogP contribution in [0.4, 0.5) is 0 Å². The minimum Gasteiger partial charge on any atom is -0.372 e. The van der Waals surface area contributed by atoms with E-state index in [0.717, 1.165) is 25.7 Å². The van der Waals surface area contributed by atoms with Gasteiger partial charge in [0.25, 0.3) is 0 Å². The van der Waals surface area contributed by atoms with Gasteiger partial charge in [-0.15, -0.1) is 0 Å². The van der Waals surface area contributed by atoms with Crippen molar-refractivity contribution in [2.24, 2.45) is 5.92 Å². The van der Waals surface area contributed by atoms with Gasteiger partial charge in [-0.3, -0.25) is 0 Å². The molecular weight excluding hydrogens is 210 g/mol. The molecule has 0 amide bonds. The van der Waals surface area contributed by atoms with Crippen molar-refractivity contribution in [1.29, 1.82) is 0 Å². The molecule has 2 heteroatoms. The van der Waals surface area contributed by atoms with E-state index in [4.69, 9.17) is 4.74 Å². The van der Waals surface area contributed by atoms with Crippen molar-refractivity contribution in [2.45, 2.75) is 39.4 Å². The summed E-state index contributed by atoms with van der Waals surface area (Å²) in [5, 5.41) is 3.21. The Morgan fingerprint density at radius 3 is 2.88 bits per heavy atom. The number of hydrogen-bond donors (Lipinski definition) is 1. The molecule has 94 valence electrons. The van der Waals surface area contributed by atoms with Crippen molar-refractivity contribution < 1.29 is 4.74 Å². The summed E-state index contributed by atoms with van der Waals surface area (Å²) in [6.07, 6.45) is 3.74. The number of ether oxygens (including phenoxy) is 1. The molecule has 1 aliphatic heterocycles. The van der Waals surface area contributed by atoms with E-state index in [1.165, 1.54) is 36.0 Å². The smallest absolute Gasteiger partial charge is 0.0725 e. The van der Waals surface area contributed by atoms with Crippen LogP contribution in [0, 0.1) is 5.92 Å². The summed E-state index contributed by atoms with van der Waals surface area (Å²) in [4.78, 5) is 0. The van der Waals surface area contributed by atoms with Crippen LogP contribution >= 0.6 is 0 Å². The van der Waals surface area contributed by atoms with Gasteiger partial charge in [0.2, 0.25) is 0 Å². The summed E-state index contributed by atoms with van der Waals surface area (Å²) < 4.78 is 5.44. The highest BCUT2D eigenvalue weighted by Crippen LogP contribution is 2.22. The van der Waals surface area contributed by atoms with Crippen LogP contribution in [0.2, 0.25) is 0 Å². The first kappa shape index (κ1) is 12.6. The van der Waals surface area contributed by atoms with E-state index in [2.05, 4.69) is 30.4 Å². The zero-order valence-electron chi connectivity index (χ0n) is 11.0. The average Bonchev–Trinajstić information content (AvgIpc) is 2.81. The SMILES string of the molecule is CNCCC(C)CCc1ccc2c(c1)COC2. The van der Waals surface area contributed by atoms with E-state index >= 15 is 0 Å². The fourth-order valence-corrected chi connectivity index (χ4v) is 2.33. The number of aryl methyl sites for hydroxylation is 1. The van der Waals surface area contributed by atoms with Crippen molar-refractivity contribution in [3.8, 4) is 0 Å². The number of fused-ring (bicyclic) bond motifs is 1. The van der Waals surface area contributed by atoms with Gasteiger partial charge < -0.3 is 10.1 Å². The van der Waals surface area contributed by atoms with E-state index in [1.54, 1.807) is 0 Å². The van der Waals surface area contributed by atoms with Gasteiger partial charge in [-0.25, -0.2) is 0 Å². The van der Waals surface area contributed by atoms with Gasteiger partial charge in [0, 0.05) is 0 Å². The molecule has 0 aromatic heterocycles. The molecule has 0 fully saturated rings. The third-order valence-corrected chi connectivity index (χ3v) is 3.60. The maximum Gasteiger partial charge on any atom is 0.0725 e. The summed E-state index contributed by atoms with van der Waals surface area (Å²) in [6.45, 7) is 5.07. The van der Waals surface area contributed by atoms with Gasteiger partial charge in [-0.1, -0.05) is 25.1 Å². The van der Waals surface area contributed by atoms with Crippen LogP contribution in [0.25, 0.3) is 0 Å². The lowest BCUT2D eigenvalue weighted by atomic mass is 9.96. The predicted molar refractivity (Wildman–Crippen MR) is 71.0 cm³/mol. The highest BCUT2D eigenvalue weighted by molar-refractivity contribution is 5.33. The lowest BCUT2D eigenvalue weighted by Crippen LogP contribution is -2.11. The first-order chi connectivity index (χ1) is 8.29. The minimum absolute atomic E-state index is 0.798. The van der Waals surface area contributed by atoms with Gasteiger partial charge in [-0.05, 0) is 55.5 Å². The Morgan fingerprint density at radius 2 is 2.06 bits per heavy atom. The molecule has 2 nitrogen and oxygen atoms in total. The van der Waals surface area contributed by atoms with E-state index in [0.29, 0.717) is 0 Å². The Hall–Kier alpha value is -0.860. The quantitative estimate of drug-likeness (QED) is 0.815. The van der Waals surface area contributed by atoms with Crippen molar-refractivity contribution in [3.05, 3.63) is 34.9 Å². The summed E-state index contributed by atoms with van der Waals surface area (Å²) in [5.74, 6) is 0.798. The van der Waals surface area contributed by atoms with Crippen LogP contribution < -0.4 is 5.32 Å². The monoisotopic (exact) mass is 233 g/mol. The average molecular weight is 233 g/mol. The third kappa shape index (κ3) is 3.55. The lowest BCUT2D eigenvalue weighted by Gasteiger charge is -2.11. The maximum absolute atomic E-state index is 5.44. The van der Waals surface area contributed by atoms with Crippen LogP contribution in [0.3, 0.4) is 0 Å². The van der Waals surface area contributed by atoms with Crippen molar-refractivity contribution in [2.75, 3.05) is 13.6 Å². The second kappa shape index (κ2) is 6.18. The van der Waals surface area contributed by atoms with Crippen LogP contribution in [0.5, 0.6) is 0 Å². The second-order valence-electron chi connectivity index (χ2n) is 5.13. The molecule has 17 heavy (non-hydrogen) atoms. The van der Waals surface area contributed by atoms with Crippen molar-refractivity contribution >= 4 is 0 Å². The zero-order chi connectivity index (χ0) is 12.1. The minimum atomic E-state index is 0.798. The first-order valence-corrected chi connectivity index (χ1v) is 6.62. The predicted octanol–water partition coefficient (Wildman–Crippen LogP) is 2.90. The first-order valence-electron chi connectivity index (χ1n) is 6.62. The summed E-state index contributed by atoms with van der Waals surface area (Å²) >= 11 is 0. The van der Waals surface area contributed by atoms with E-state index in [1.807, 2.05) is 7.05 Å². The van der Waals surface area contributed by atoms with Gasteiger partial charge in [-0.2, -0.15) is 0 Å². The Morgan fingerprint density at radius 1 is 1.24 bits per heavy atom. The molecule has 1 unspecified atom stereocenters. The van der Waals surface area contributed by atoms with Crippen LogP contribution in [0.1, 0.15) is 36.5 Å². The number of benzene rings is 1. The fourth-order valence-electron chi connectivity index (χ4n) is 2.33. The van der Waals surface area contributed by atoms with Crippen molar-refractivity contribution in [1.82, 2.24) is 5.32 Å². The van der Waals surface area contributed by atoms with Gasteiger partial charge in [0.05, 0.1) is 13.2 Å². The molecule has 2 rings (SSSR count). The van der Waals surface area contributed by atoms with Gasteiger partial charge >= 0.3 is 0 Å². The molecule has 0 saturated heterocycles. The largest absolute Gasteiger partial charge is 0.372 e. The molecule has 0 spiro atoms. The number of rotatable bonds is 6. The topological polar surface area (TPSA) is 21.3 Å². The van der Waals surface area contributed by atoms with E-state index in [9.17, 15) is 0 Å². The van der Waals surface area contributed by atoms with Gasteiger partial charge in [0.15, 0.2) is 0 Å². The Labute approximate surface area is 104 Å². The lowest BCUT2D eigenvalue weighted by molar-refractivity contribution is 0.134. The zero-order valence-corrected chi connectivity index (χ0v) is 11.0. The van der Waals surface area contributed by atoms with Gasteiger partial charge in [0.1, 0.15) is 0 Å². The molecule has 0 saturated carbocycles. The molecule has 1 atom stereocenters. The second-order valence-corrected chi connectivity index (χ2v) is 5.13. The molecule has 0 bridgehead atoms. The molecular formula is C15H23NO. The fraction of sp³-hybridized carbons (Fsp3) is 0.600. The molecule has 1 heterocycles. The standard InChI is InChI=1S/C15H23NO/c1-12(7-8-16-2)3-4-13-5-6-14-10-17-11-15(14)9-13/h5-6,9,12,16H,3-4,7-8,10-11H2,1-2H3. The Kier molecular flexibility index (Phi) is 4.57. The molecule has 1 N–H and O–H groups in total. The van der Waals surface area contributed by atoms with Crippen LogP contribution in [0.15, 0.2) is 18.2 Å². The van der Waals surface area contributed by atoms with E-state index < -0.39 is 0 Å². The highest BCUT2D eigenvalue weighted by Gasteiger charge is 2.11. The molecule has 1 aromatic rings. The normalized spacial score (nSPS) is 15.9. The summed E-state index contributed by atoms with van der Waals surface area (Å²) in [6, 6.07) is 6.82. The number of nitrogens with one attached hydrogen (secondary N) is 1. The highest BCUT2D eigenvalue weighted by atomic mass is 16.5. The van der Waals surface area contributed by atoms with Crippen LogP contribution in [-0.2, 0) is 24.4 Å². The van der Waals surface area contributed by atoms with Crippen molar-refractivity contribution in [3.63, 3.8) is 0 Å². The Balaban J connectivity index is 1.83. The van der Waals surface area contributed by atoms with Crippen LogP contribution in [-0.4, -0.2) is 13.6 Å². The number of hydrogen-bond acceptors (Lipinski definition) is 2. The summed E-state index contributed by atoms with van der Waals surface area (Å²) in [7, 11) is 2.02.